The lowest BCUT2D eigenvalue weighted by molar-refractivity contribution is 0.139. The van der Waals surface area contributed by atoms with Crippen molar-refractivity contribution >= 4 is 0 Å². The summed E-state index contributed by atoms with van der Waals surface area (Å²) < 4.78 is 11.6. The molecule has 3 nitrogen and oxygen atoms in total. The van der Waals surface area contributed by atoms with Gasteiger partial charge in [0.1, 0.15) is 17.6 Å². The molecular weight excluding hydrogens is 250 g/mol. The Balaban J connectivity index is 2.67. The molecule has 0 radical (unpaired) electrons. The molecule has 0 aliphatic rings. The van der Waals surface area contributed by atoms with Crippen molar-refractivity contribution in [3.8, 4) is 11.5 Å². The molecule has 0 saturated carbocycles. The molecule has 1 unspecified atom stereocenters. The number of hydrogen-bond acceptors (Lipinski definition) is 3. The van der Waals surface area contributed by atoms with Crippen LogP contribution in [0.4, 0.5) is 0 Å². The Kier molecular flexibility index (Phi) is 6.34. The minimum Gasteiger partial charge on any atom is -0.494 e. The van der Waals surface area contributed by atoms with Gasteiger partial charge in [0, 0.05) is 18.2 Å². The topological polar surface area (TPSA) is 30.5 Å². The van der Waals surface area contributed by atoms with Gasteiger partial charge >= 0.3 is 0 Å². The molecule has 0 heterocycles. The van der Waals surface area contributed by atoms with Crippen molar-refractivity contribution in [2.45, 2.75) is 53.2 Å². The molecule has 1 N–H and O–H groups in total. The largest absolute Gasteiger partial charge is 0.494 e. The van der Waals surface area contributed by atoms with Gasteiger partial charge < -0.3 is 14.8 Å². The fraction of sp³-hybridized carbons (Fsp3) is 0.647. The maximum Gasteiger partial charge on any atom is 0.123 e. The third-order valence-electron chi connectivity index (χ3n) is 2.98. The van der Waals surface area contributed by atoms with E-state index in [1.165, 1.54) is 0 Å². The van der Waals surface area contributed by atoms with Crippen LogP contribution in [0.15, 0.2) is 24.3 Å². The Morgan fingerprint density at radius 2 is 1.80 bits per heavy atom. The number of benzene rings is 1. The first-order valence-electron chi connectivity index (χ1n) is 7.46. The number of rotatable bonds is 7. The van der Waals surface area contributed by atoms with Gasteiger partial charge in [0.15, 0.2) is 0 Å². The average Bonchev–Trinajstić information content (AvgIpc) is 2.34. The third kappa shape index (κ3) is 6.29. The Hall–Kier alpha value is -1.22. The number of nitrogens with one attached hydrogen (secondary N) is 1. The zero-order valence-corrected chi connectivity index (χ0v) is 13.7. The molecule has 0 saturated heterocycles. The predicted molar refractivity (Wildman–Crippen MR) is 84.6 cm³/mol. The van der Waals surface area contributed by atoms with Crippen LogP contribution in [0.2, 0.25) is 0 Å². The van der Waals surface area contributed by atoms with Crippen molar-refractivity contribution in [3.63, 3.8) is 0 Å². The first-order chi connectivity index (χ1) is 9.31. The summed E-state index contributed by atoms with van der Waals surface area (Å²) in [5.41, 5.74) is 0.101. The van der Waals surface area contributed by atoms with E-state index in [0.717, 1.165) is 18.0 Å². The van der Waals surface area contributed by atoms with E-state index < -0.39 is 0 Å². The van der Waals surface area contributed by atoms with Gasteiger partial charge in [0.25, 0.3) is 0 Å². The Morgan fingerprint density at radius 1 is 1.15 bits per heavy atom. The molecule has 0 aliphatic heterocycles. The fourth-order valence-corrected chi connectivity index (χ4v) is 1.80. The van der Waals surface area contributed by atoms with Crippen molar-refractivity contribution < 1.29 is 9.47 Å². The van der Waals surface area contributed by atoms with E-state index in [1.807, 2.05) is 31.2 Å². The van der Waals surface area contributed by atoms with Gasteiger partial charge in [0.05, 0.1) is 6.61 Å². The summed E-state index contributed by atoms with van der Waals surface area (Å²) in [7, 11) is 0. The molecule has 0 aromatic heterocycles. The molecule has 1 atom stereocenters. The first kappa shape index (κ1) is 16.8. The van der Waals surface area contributed by atoms with Crippen LogP contribution in [0, 0.1) is 5.92 Å². The lowest BCUT2D eigenvalue weighted by Gasteiger charge is -2.28. The Labute approximate surface area is 123 Å². The normalized spacial score (nSPS) is 13.3. The van der Waals surface area contributed by atoms with Gasteiger partial charge in [-0.05, 0) is 45.7 Å². The van der Waals surface area contributed by atoms with E-state index in [2.05, 4.69) is 39.9 Å². The van der Waals surface area contributed by atoms with E-state index in [1.54, 1.807) is 0 Å². The molecule has 3 heteroatoms. The van der Waals surface area contributed by atoms with Crippen LogP contribution in [-0.2, 0) is 0 Å². The van der Waals surface area contributed by atoms with E-state index in [0.29, 0.717) is 12.5 Å². The quantitative estimate of drug-likeness (QED) is 0.821. The summed E-state index contributed by atoms with van der Waals surface area (Å²) in [5, 5.41) is 3.51. The second-order valence-electron chi connectivity index (χ2n) is 6.44. The van der Waals surface area contributed by atoms with E-state index in [4.69, 9.17) is 9.47 Å². The predicted octanol–water partition coefficient (Wildman–Crippen LogP) is 3.88. The monoisotopic (exact) mass is 279 g/mol. The van der Waals surface area contributed by atoms with Gasteiger partial charge in [-0.25, -0.2) is 0 Å². The van der Waals surface area contributed by atoms with E-state index >= 15 is 0 Å². The molecule has 1 rings (SSSR count). The van der Waals surface area contributed by atoms with Gasteiger partial charge in [-0.3, -0.25) is 0 Å². The molecule has 0 amide bonds. The van der Waals surface area contributed by atoms with E-state index in [9.17, 15) is 0 Å². The highest BCUT2D eigenvalue weighted by Crippen LogP contribution is 2.22. The third-order valence-corrected chi connectivity index (χ3v) is 2.98. The van der Waals surface area contributed by atoms with Gasteiger partial charge in [-0.15, -0.1) is 0 Å². The maximum atomic E-state index is 6.12. The molecule has 0 spiro atoms. The second-order valence-corrected chi connectivity index (χ2v) is 6.44. The zero-order chi connectivity index (χ0) is 15.2. The first-order valence-corrected chi connectivity index (χ1v) is 7.46. The average molecular weight is 279 g/mol. The highest BCUT2D eigenvalue weighted by atomic mass is 16.5. The molecule has 1 aromatic rings. The lowest BCUT2D eigenvalue weighted by atomic mass is 10.0. The van der Waals surface area contributed by atoms with Crippen LogP contribution >= 0.6 is 0 Å². The maximum absolute atomic E-state index is 6.12. The van der Waals surface area contributed by atoms with Crippen LogP contribution in [0.25, 0.3) is 0 Å². The van der Waals surface area contributed by atoms with Crippen LogP contribution < -0.4 is 14.8 Å². The Morgan fingerprint density at radius 3 is 2.35 bits per heavy atom. The summed E-state index contributed by atoms with van der Waals surface area (Å²) >= 11 is 0. The summed E-state index contributed by atoms with van der Waals surface area (Å²) in [6.07, 6.45) is 0.145. The highest BCUT2D eigenvalue weighted by molar-refractivity contribution is 5.33. The van der Waals surface area contributed by atoms with Gasteiger partial charge in [-0.2, -0.15) is 0 Å². The lowest BCUT2D eigenvalue weighted by Crippen LogP contribution is -2.44. The Bertz CT molecular complexity index is 396. The number of ether oxygens (including phenoxy) is 2. The summed E-state index contributed by atoms with van der Waals surface area (Å²) in [5.74, 6) is 2.17. The molecule has 0 bridgehead atoms. The minimum atomic E-state index is 0.101. The standard InChI is InChI=1S/C17H29NO2/c1-7-19-14-9-8-10-15(11-14)20-16(13(2)3)12-18-17(4,5)6/h8-11,13,16,18H,7,12H2,1-6H3. The van der Waals surface area contributed by atoms with Crippen molar-refractivity contribution in [3.05, 3.63) is 24.3 Å². The van der Waals surface area contributed by atoms with Crippen molar-refractivity contribution in [1.82, 2.24) is 5.32 Å². The van der Waals surface area contributed by atoms with Crippen LogP contribution in [0.5, 0.6) is 11.5 Å². The number of hydrogen-bond donors (Lipinski definition) is 1. The van der Waals surface area contributed by atoms with Gasteiger partial charge in [0.2, 0.25) is 0 Å². The zero-order valence-electron chi connectivity index (χ0n) is 13.7. The molecular formula is C17H29NO2. The van der Waals surface area contributed by atoms with Gasteiger partial charge in [-0.1, -0.05) is 19.9 Å². The SMILES string of the molecule is CCOc1cccc(OC(CNC(C)(C)C)C(C)C)c1. The highest BCUT2D eigenvalue weighted by Gasteiger charge is 2.18. The molecule has 1 aromatic carbocycles. The van der Waals surface area contributed by atoms with Crippen LogP contribution in [0.1, 0.15) is 41.5 Å². The smallest absolute Gasteiger partial charge is 0.123 e. The van der Waals surface area contributed by atoms with Crippen LogP contribution in [-0.4, -0.2) is 24.8 Å². The summed E-state index contributed by atoms with van der Waals surface area (Å²) in [6, 6.07) is 7.86. The summed E-state index contributed by atoms with van der Waals surface area (Å²) in [6.45, 7) is 14.4. The molecule has 20 heavy (non-hydrogen) atoms. The fourth-order valence-electron chi connectivity index (χ4n) is 1.80. The van der Waals surface area contributed by atoms with Crippen LogP contribution in [0.3, 0.4) is 0 Å². The molecule has 0 fully saturated rings. The van der Waals surface area contributed by atoms with E-state index in [-0.39, 0.29) is 11.6 Å². The molecule has 114 valence electrons. The van der Waals surface area contributed by atoms with Crippen molar-refractivity contribution in [1.29, 1.82) is 0 Å². The van der Waals surface area contributed by atoms with Crippen molar-refractivity contribution in [2.24, 2.45) is 5.92 Å². The minimum absolute atomic E-state index is 0.101. The second kappa shape index (κ2) is 7.53. The molecule has 0 aliphatic carbocycles. The van der Waals surface area contributed by atoms with Crippen molar-refractivity contribution in [2.75, 3.05) is 13.2 Å². The summed E-state index contributed by atoms with van der Waals surface area (Å²) in [4.78, 5) is 0.